The van der Waals surface area contributed by atoms with E-state index in [-0.39, 0.29) is 11.7 Å². The van der Waals surface area contributed by atoms with Crippen LogP contribution in [0.25, 0.3) is 0 Å². The first-order valence-corrected chi connectivity index (χ1v) is 9.13. The number of thioether (sulfide) groups is 1. The van der Waals surface area contributed by atoms with Gasteiger partial charge in [0, 0.05) is 28.4 Å². The summed E-state index contributed by atoms with van der Waals surface area (Å²) in [6.07, 6.45) is 1.72. The van der Waals surface area contributed by atoms with Gasteiger partial charge in [0.25, 0.3) is 0 Å². The average molecular weight is 384 g/mol. The second-order valence-corrected chi connectivity index (χ2v) is 6.95. The SMILES string of the molecule is Cc1cc(C)cc(NC(=O)CSc2ccc(NC(=O)/C=C/C(=O)O)cc2)c1. The van der Waals surface area contributed by atoms with Gasteiger partial charge in [-0.2, -0.15) is 0 Å². The molecule has 6 nitrogen and oxygen atoms in total. The predicted octanol–water partition coefficient (Wildman–Crippen LogP) is 3.61. The van der Waals surface area contributed by atoms with Crippen molar-refractivity contribution in [2.24, 2.45) is 0 Å². The van der Waals surface area contributed by atoms with Gasteiger partial charge in [-0.1, -0.05) is 6.07 Å². The number of hydrogen-bond donors (Lipinski definition) is 3. The third-order valence-corrected chi connectivity index (χ3v) is 4.39. The molecule has 0 heterocycles. The summed E-state index contributed by atoms with van der Waals surface area (Å²) in [4.78, 5) is 34.9. The van der Waals surface area contributed by atoms with E-state index in [2.05, 4.69) is 10.6 Å². The number of anilines is 2. The molecule has 0 fully saturated rings. The van der Waals surface area contributed by atoms with Gasteiger partial charge in [-0.3, -0.25) is 9.59 Å². The Balaban J connectivity index is 1.84. The molecule has 2 amide bonds. The maximum Gasteiger partial charge on any atom is 0.328 e. The topological polar surface area (TPSA) is 95.5 Å². The van der Waals surface area contributed by atoms with Crippen molar-refractivity contribution in [3.05, 3.63) is 65.7 Å². The normalized spacial score (nSPS) is 10.6. The van der Waals surface area contributed by atoms with Crippen LogP contribution in [-0.2, 0) is 14.4 Å². The molecular weight excluding hydrogens is 364 g/mol. The van der Waals surface area contributed by atoms with Crippen LogP contribution in [0.5, 0.6) is 0 Å². The molecule has 0 radical (unpaired) electrons. The van der Waals surface area contributed by atoms with Crippen LogP contribution in [0, 0.1) is 13.8 Å². The van der Waals surface area contributed by atoms with Gasteiger partial charge in [-0.15, -0.1) is 11.8 Å². The fourth-order valence-electron chi connectivity index (χ4n) is 2.36. The zero-order valence-electron chi connectivity index (χ0n) is 15.0. The van der Waals surface area contributed by atoms with Crippen molar-refractivity contribution in [1.82, 2.24) is 0 Å². The van der Waals surface area contributed by atoms with Crippen LogP contribution in [0.15, 0.2) is 59.5 Å². The number of carboxylic acids is 1. The molecule has 140 valence electrons. The molecule has 0 spiro atoms. The number of carbonyl (C=O) groups is 3. The molecule has 7 heteroatoms. The minimum atomic E-state index is -1.18. The lowest BCUT2D eigenvalue weighted by atomic mass is 10.1. The van der Waals surface area contributed by atoms with Crippen LogP contribution >= 0.6 is 11.8 Å². The molecule has 0 aromatic heterocycles. The first-order chi connectivity index (χ1) is 12.8. The second-order valence-electron chi connectivity index (χ2n) is 5.90. The van der Waals surface area contributed by atoms with E-state index in [1.807, 2.05) is 32.0 Å². The van der Waals surface area contributed by atoms with Gasteiger partial charge >= 0.3 is 5.97 Å². The van der Waals surface area contributed by atoms with Crippen LogP contribution < -0.4 is 10.6 Å². The smallest absolute Gasteiger partial charge is 0.328 e. The fourth-order valence-corrected chi connectivity index (χ4v) is 3.06. The molecule has 2 aromatic carbocycles. The Morgan fingerprint density at radius 3 is 2.15 bits per heavy atom. The van der Waals surface area contributed by atoms with E-state index in [9.17, 15) is 14.4 Å². The molecule has 0 atom stereocenters. The molecule has 0 saturated heterocycles. The molecule has 0 saturated carbocycles. The summed E-state index contributed by atoms with van der Waals surface area (Å²) in [6.45, 7) is 3.96. The van der Waals surface area contributed by atoms with E-state index in [1.54, 1.807) is 24.3 Å². The summed E-state index contributed by atoms with van der Waals surface area (Å²) in [5.74, 6) is -1.54. The quantitative estimate of drug-likeness (QED) is 0.501. The zero-order chi connectivity index (χ0) is 19.8. The molecule has 2 aromatic rings. The zero-order valence-corrected chi connectivity index (χ0v) is 15.8. The van der Waals surface area contributed by atoms with Gasteiger partial charge in [0.2, 0.25) is 11.8 Å². The highest BCUT2D eigenvalue weighted by Gasteiger charge is 2.05. The lowest BCUT2D eigenvalue weighted by molar-refractivity contribution is -0.131. The highest BCUT2D eigenvalue weighted by molar-refractivity contribution is 8.00. The summed E-state index contributed by atoms with van der Waals surface area (Å²) < 4.78 is 0. The molecule has 3 N–H and O–H groups in total. The molecule has 0 aliphatic carbocycles. The molecular formula is C20H20N2O4S. The molecule has 0 aliphatic rings. The second kappa shape index (κ2) is 9.59. The van der Waals surface area contributed by atoms with Crippen molar-refractivity contribution in [2.45, 2.75) is 18.7 Å². The van der Waals surface area contributed by atoms with E-state index >= 15 is 0 Å². The first kappa shape index (κ1) is 20.3. The van der Waals surface area contributed by atoms with Crippen molar-refractivity contribution >= 4 is 40.9 Å². The van der Waals surface area contributed by atoms with Crippen molar-refractivity contribution in [1.29, 1.82) is 0 Å². The van der Waals surface area contributed by atoms with Gasteiger partial charge < -0.3 is 15.7 Å². The van der Waals surface area contributed by atoms with Gasteiger partial charge in [0.15, 0.2) is 0 Å². The van der Waals surface area contributed by atoms with Gasteiger partial charge in [-0.05, 0) is 61.4 Å². The number of rotatable bonds is 7. The minimum Gasteiger partial charge on any atom is -0.478 e. The Labute approximate surface area is 161 Å². The molecule has 27 heavy (non-hydrogen) atoms. The number of benzene rings is 2. The number of aryl methyl sites for hydroxylation is 2. The lowest BCUT2D eigenvalue weighted by Crippen LogP contribution is -2.14. The van der Waals surface area contributed by atoms with E-state index in [0.29, 0.717) is 5.69 Å². The summed E-state index contributed by atoms with van der Waals surface area (Å²) >= 11 is 1.38. The third kappa shape index (κ3) is 7.37. The Morgan fingerprint density at radius 2 is 1.56 bits per heavy atom. The number of carboxylic acid groups (broad SMARTS) is 1. The van der Waals surface area contributed by atoms with Crippen molar-refractivity contribution in [3.63, 3.8) is 0 Å². The summed E-state index contributed by atoms with van der Waals surface area (Å²) in [5, 5.41) is 13.9. The number of amides is 2. The third-order valence-electron chi connectivity index (χ3n) is 3.37. The van der Waals surface area contributed by atoms with Gasteiger partial charge in [-0.25, -0.2) is 4.79 Å². The lowest BCUT2D eigenvalue weighted by Gasteiger charge is -2.08. The minimum absolute atomic E-state index is 0.0961. The van der Waals surface area contributed by atoms with Gasteiger partial charge in [0.1, 0.15) is 0 Å². The van der Waals surface area contributed by atoms with Crippen LogP contribution in [0.1, 0.15) is 11.1 Å². The van der Waals surface area contributed by atoms with Crippen molar-refractivity contribution in [2.75, 3.05) is 16.4 Å². The van der Waals surface area contributed by atoms with Crippen molar-refractivity contribution < 1.29 is 19.5 Å². The van der Waals surface area contributed by atoms with E-state index in [4.69, 9.17) is 5.11 Å². The number of nitrogens with one attached hydrogen (secondary N) is 2. The molecule has 2 rings (SSSR count). The van der Waals surface area contributed by atoms with E-state index < -0.39 is 11.9 Å². The van der Waals surface area contributed by atoms with Crippen LogP contribution in [-0.4, -0.2) is 28.6 Å². The summed E-state index contributed by atoms with van der Waals surface area (Å²) in [6, 6.07) is 12.8. The Kier molecular flexibility index (Phi) is 7.19. The largest absolute Gasteiger partial charge is 0.478 e. The fraction of sp³-hybridized carbons (Fsp3) is 0.150. The van der Waals surface area contributed by atoms with Crippen LogP contribution in [0.4, 0.5) is 11.4 Å². The Hall–Kier alpha value is -3.06. The molecule has 0 aliphatic heterocycles. The monoisotopic (exact) mass is 384 g/mol. The Morgan fingerprint density at radius 1 is 0.926 bits per heavy atom. The number of carbonyl (C=O) groups excluding carboxylic acids is 2. The highest BCUT2D eigenvalue weighted by Crippen LogP contribution is 2.21. The summed E-state index contributed by atoms with van der Waals surface area (Å²) in [7, 11) is 0. The van der Waals surface area contributed by atoms with Crippen molar-refractivity contribution in [3.8, 4) is 0 Å². The Bertz CT molecular complexity index is 856. The maximum absolute atomic E-state index is 12.1. The number of hydrogen-bond acceptors (Lipinski definition) is 4. The number of aliphatic carboxylic acids is 1. The van der Waals surface area contributed by atoms with Gasteiger partial charge in [0.05, 0.1) is 5.75 Å². The predicted molar refractivity (Wildman–Crippen MR) is 107 cm³/mol. The maximum atomic E-state index is 12.1. The van der Waals surface area contributed by atoms with Crippen LogP contribution in [0.2, 0.25) is 0 Å². The van der Waals surface area contributed by atoms with Crippen LogP contribution in [0.3, 0.4) is 0 Å². The van der Waals surface area contributed by atoms with E-state index in [1.165, 1.54) is 11.8 Å². The first-order valence-electron chi connectivity index (χ1n) is 8.15. The standard InChI is InChI=1S/C20H20N2O4S/c1-13-9-14(2)11-16(10-13)22-19(24)12-27-17-5-3-15(4-6-17)21-18(23)7-8-20(25)26/h3-11H,12H2,1-2H3,(H,21,23)(H,22,24)(H,25,26)/b8-7+. The highest BCUT2D eigenvalue weighted by atomic mass is 32.2. The molecule has 0 bridgehead atoms. The summed E-state index contributed by atoms with van der Waals surface area (Å²) in [5.41, 5.74) is 3.51. The average Bonchev–Trinajstić information content (AvgIpc) is 2.58. The molecule has 0 unspecified atom stereocenters. The van der Waals surface area contributed by atoms with E-state index in [0.717, 1.165) is 33.9 Å².